The van der Waals surface area contributed by atoms with Crippen molar-refractivity contribution in [2.75, 3.05) is 19.6 Å². The topological polar surface area (TPSA) is 24.1 Å². The minimum atomic E-state index is 0.687. The third-order valence-electron chi connectivity index (χ3n) is 4.99. The summed E-state index contributed by atoms with van der Waals surface area (Å²) in [6.07, 6.45) is 15.5. The van der Waals surface area contributed by atoms with Crippen LogP contribution in [0.3, 0.4) is 0 Å². The monoisotopic (exact) mass is 518 g/mol. The van der Waals surface area contributed by atoms with Crippen LogP contribution >= 0.6 is 0 Å². The van der Waals surface area contributed by atoms with Crippen molar-refractivity contribution in [2.45, 2.75) is 83.9 Å². The van der Waals surface area contributed by atoms with Crippen molar-refractivity contribution < 1.29 is 0 Å². The molecule has 1 fully saturated rings. The van der Waals surface area contributed by atoms with Gasteiger partial charge in [0.05, 0.1) is 0 Å². The van der Waals surface area contributed by atoms with Crippen LogP contribution in [0.2, 0.25) is 5.32 Å². The van der Waals surface area contributed by atoms with E-state index in [1.54, 1.807) is 0 Å². The molecular formula is C30H50N2Se. The largest absolute Gasteiger partial charge is 0.315 e. The summed E-state index contributed by atoms with van der Waals surface area (Å²) in [5, 5.41) is 9.55. The number of allylic oxidation sites excluding steroid dienone is 6. The van der Waals surface area contributed by atoms with Crippen molar-refractivity contribution in [2.24, 2.45) is 0 Å². The summed E-state index contributed by atoms with van der Waals surface area (Å²) in [6, 6.07) is 9.47. The van der Waals surface area contributed by atoms with E-state index in [-0.39, 0.29) is 0 Å². The summed E-state index contributed by atoms with van der Waals surface area (Å²) in [6.45, 7) is 20.1. The first kappa shape index (κ1) is 31.6. The maximum Gasteiger partial charge on any atom is 0.0204 e. The maximum atomic E-state index is 3.92. The Bertz CT molecular complexity index is 680. The van der Waals surface area contributed by atoms with Crippen molar-refractivity contribution in [3.63, 3.8) is 0 Å². The third-order valence-corrected chi connectivity index (χ3v) is 6.97. The Labute approximate surface area is 212 Å². The fourth-order valence-corrected chi connectivity index (χ4v) is 4.43. The molecule has 0 amide bonds. The molecule has 2 N–H and O–H groups in total. The van der Waals surface area contributed by atoms with Crippen LogP contribution in [0.25, 0.3) is 5.57 Å². The van der Waals surface area contributed by atoms with Gasteiger partial charge in [-0.15, -0.1) is 0 Å². The van der Waals surface area contributed by atoms with Crippen LogP contribution in [0.15, 0.2) is 66.8 Å². The Morgan fingerprint density at radius 3 is 2.36 bits per heavy atom. The molecule has 1 heterocycles. The molecule has 1 aliphatic rings. The first-order chi connectivity index (χ1) is 16.0. The molecule has 0 unspecified atom stereocenters. The Kier molecular flexibility index (Phi) is 21.5. The van der Waals surface area contributed by atoms with Gasteiger partial charge in [-0.25, -0.2) is 0 Å². The number of hydrogen-bond acceptors (Lipinski definition) is 2. The molecule has 0 bridgehead atoms. The van der Waals surface area contributed by atoms with Crippen molar-refractivity contribution in [1.29, 1.82) is 0 Å². The molecule has 1 saturated heterocycles. The van der Waals surface area contributed by atoms with Crippen LogP contribution in [-0.2, 0) is 5.32 Å². The maximum absolute atomic E-state index is 3.92. The van der Waals surface area contributed by atoms with Crippen LogP contribution < -0.4 is 10.6 Å². The van der Waals surface area contributed by atoms with E-state index in [0.717, 1.165) is 46.5 Å². The summed E-state index contributed by atoms with van der Waals surface area (Å²) < 4.78 is 0. The summed E-state index contributed by atoms with van der Waals surface area (Å²) in [5.74, 6) is 0. The quantitative estimate of drug-likeness (QED) is 0.180. The zero-order chi connectivity index (χ0) is 24.7. The van der Waals surface area contributed by atoms with E-state index in [4.69, 9.17) is 0 Å². The molecule has 2 rings (SSSR count). The van der Waals surface area contributed by atoms with Gasteiger partial charge in [-0.2, -0.15) is 0 Å². The van der Waals surface area contributed by atoms with E-state index in [9.17, 15) is 0 Å². The zero-order valence-electron chi connectivity index (χ0n) is 22.3. The van der Waals surface area contributed by atoms with Gasteiger partial charge in [-0.05, 0) is 39.3 Å². The second kappa shape index (κ2) is 22.4. The van der Waals surface area contributed by atoms with Gasteiger partial charge in [-0.1, -0.05) is 63.1 Å². The normalized spacial score (nSPS) is 15.8. The molecule has 0 radical (unpaired) electrons. The number of hydrogen-bond donors (Lipinski definition) is 2. The molecule has 0 aliphatic carbocycles. The van der Waals surface area contributed by atoms with E-state index in [1.165, 1.54) is 46.7 Å². The second-order valence-corrected chi connectivity index (χ2v) is 10.9. The molecule has 186 valence electrons. The van der Waals surface area contributed by atoms with Crippen LogP contribution in [0.1, 0.15) is 78.4 Å². The minimum Gasteiger partial charge on any atom is -0.315 e. The van der Waals surface area contributed by atoms with Gasteiger partial charge >= 0.3 is 87.0 Å². The number of rotatable bonds is 11. The molecule has 1 aromatic rings. The third kappa shape index (κ3) is 17.7. The molecule has 1 aromatic carbocycles. The van der Waals surface area contributed by atoms with Crippen LogP contribution in [0, 0.1) is 0 Å². The van der Waals surface area contributed by atoms with Crippen molar-refractivity contribution in [3.8, 4) is 0 Å². The van der Waals surface area contributed by atoms with Crippen molar-refractivity contribution in [3.05, 3.63) is 77.9 Å². The Balaban J connectivity index is 0.000000569. The molecule has 1 aliphatic heterocycles. The van der Waals surface area contributed by atoms with E-state index in [0.29, 0.717) is 6.04 Å². The van der Waals surface area contributed by atoms with Crippen molar-refractivity contribution >= 4 is 20.5 Å². The first-order valence-electron chi connectivity index (χ1n) is 12.8. The average Bonchev–Trinajstić information content (AvgIpc) is 3.34. The van der Waals surface area contributed by atoms with Gasteiger partial charge in [-0.3, -0.25) is 0 Å². The zero-order valence-corrected chi connectivity index (χ0v) is 24.0. The van der Waals surface area contributed by atoms with Gasteiger partial charge in [0, 0.05) is 12.6 Å². The summed E-state index contributed by atoms with van der Waals surface area (Å²) in [5.41, 5.74) is 5.29. The van der Waals surface area contributed by atoms with Gasteiger partial charge in [0.15, 0.2) is 0 Å². The summed E-state index contributed by atoms with van der Waals surface area (Å²) in [7, 11) is 0. The van der Waals surface area contributed by atoms with Gasteiger partial charge in [0.2, 0.25) is 0 Å². The van der Waals surface area contributed by atoms with E-state index < -0.39 is 0 Å². The van der Waals surface area contributed by atoms with Gasteiger partial charge < -0.3 is 10.6 Å². The minimum absolute atomic E-state index is 0.687. The Hall–Kier alpha value is -1.38. The molecule has 2 nitrogen and oxygen atoms in total. The SMILES string of the molecule is C=C(C)c1ccc(C[Se]CC)cc1.CCC.C\C=C/C=C\C(=C\CCN[C@@H]1CCNC1)CC. The predicted molar refractivity (Wildman–Crippen MR) is 153 cm³/mol. The predicted octanol–water partition coefficient (Wildman–Crippen LogP) is 7.58. The standard InChI is InChI=1S/C15H26N2.C12H16Se.C3H8/c1-3-5-6-8-14(4-2)9-7-11-17-15-10-12-16-13-15;1-4-13-9-11-5-7-12(8-6-11)10(2)3;1-3-2/h3,5-6,8-9,15-17H,4,7,10-13H2,1-2H3;5-8H,2,4,9H2,1,3H3;3H2,1-2H3/b5-3-,8-6-,14-9+;;/t15-;;/m1../s1. The molecule has 0 saturated carbocycles. The summed E-state index contributed by atoms with van der Waals surface area (Å²) in [4.78, 5) is 0. The molecule has 1 atom stereocenters. The number of nitrogens with one attached hydrogen (secondary N) is 2. The first-order valence-corrected chi connectivity index (χ1v) is 15.2. The smallest absolute Gasteiger partial charge is 0.0204 e. The molecular weight excluding hydrogens is 467 g/mol. The second-order valence-electron chi connectivity index (χ2n) is 8.27. The summed E-state index contributed by atoms with van der Waals surface area (Å²) >= 11 is 0.782. The van der Waals surface area contributed by atoms with Crippen LogP contribution in [0.4, 0.5) is 0 Å². The van der Waals surface area contributed by atoms with E-state index in [2.05, 4.69) is 99.6 Å². The van der Waals surface area contributed by atoms with Crippen molar-refractivity contribution in [1.82, 2.24) is 10.6 Å². The molecule has 0 spiro atoms. The van der Waals surface area contributed by atoms with Crippen LogP contribution in [0.5, 0.6) is 0 Å². The van der Waals surface area contributed by atoms with Gasteiger partial charge in [0.25, 0.3) is 0 Å². The molecule has 33 heavy (non-hydrogen) atoms. The fourth-order valence-electron chi connectivity index (χ4n) is 3.10. The molecule has 0 aromatic heterocycles. The van der Waals surface area contributed by atoms with E-state index >= 15 is 0 Å². The Morgan fingerprint density at radius 2 is 1.85 bits per heavy atom. The Morgan fingerprint density at radius 1 is 1.15 bits per heavy atom. The van der Waals surface area contributed by atoms with E-state index in [1.807, 2.05) is 13.8 Å². The van der Waals surface area contributed by atoms with Crippen LogP contribution in [-0.4, -0.2) is 40.6 Å². The average molecular weight is 518 g/mol. The number of benzene rings is 1. The van der Waals surface area contributed by atoms with Gasteiger partial charge in [0.1, 0.15) is 0 Å². The molecule has 3 heteroatoms. The fraction of sp³-hybridized carbons (Fsp3) is 0.533.